The maximum Gasteiger partial charge on any atom is 0.242 e. The Morgan fingerprint density at radius 3 is 2.71 bits per heavy atom. The fourth-order valence-electron chi connectivity index (χ4n) is 2.17. The number of para-hydroxylation sites is 1. The van der Waals surface area contributed by atoms with Gasteiger partial charge in [0.2, 0.25) is 5.91 Å². The minimum atomic E-state index is -0.558. The standard InChI is InChI=1S/C14H16N2O/c1-14(2,3)11-6-4-5-9-7-10(8-15)13(17)16-12(9)11/h4-6,10H,7H2,1-3H3,(H,16,17). The molecule has 2 rings (SSSR count). The molecule has 0 radical (unpaired) electrons. The number of fused-ring (bicyclic) bond motifs is 1. The highest BCUT2D eigenvalue weighted by Gasteiger charge is 2.29. The number of amides is 1. The van der Waals surface area contributed by atoms with E-state index in [0.717, 1.165) is 16.8 Å². The molecule has 0 fully saturated rings. The molecule has 1 aliphatic heterocycles. The average Bonchev–Trinajstić information content (AvgIpc) is 2.26. The molecular weight excluding hydrogens is 212 g/mol. The molecule has 17 heavy (non-hydrogen) atoms. The van der Waals surface area contributed by atoms with Gasteiger partial charge in [0.25, 0.3) is 0 Å². The van der Waals surface area contributed by atoms with Gasteiger partial charge in [0.15, 0.2) is 0 Å². The fraction of sp³-hybridized carbons (Fsp3) is 0.429. The lowest BCUT2D eigenvalue weighted by Gasteiger charge is -2.28. The minimum Gasteiger partial charge on any atom is -0.324 e. The number of nitrogens with zero attached hydrogens (tertiary/aromatic N) is 1. The second kappa shape index (κ2) is 3.89. The third-order valence-electron chi connectivity index (χ3n) is 3.10. The molecule has 0 spiro atoms. The Morgan fingerprint density at radius 2 is 2.12 bits per heavy atom. The van der Waals surface area contributed by atoms with Gasteiger partial charge in [-0.05, 0) is 23.0 Å². The Hall–Kier alpha value is -1.82. The van der Waals surface area contributed by atoms with Crippen LogP contribution in [0.1, 0.15) is 31.9 Å². The molecular formula is C14H16N2O. The Kier molecular flexibility index (Phi) is 2.66. The van der Waals surface area contributed by atoms with Crippen LogP contribution in [0.4, 0.5) is 5.69 Å². The van der Waals surface area contributed by atoms with E-state index < -0.39 is 5.92 Å². The van der Waals surface area contributed by atoms with Crippen molar-refractivity contribution in [3.05, 3.63) is 29.3 Å². The highest BCUT2D eigenvalue weighted by Crippen LogP contribution is 2.35. The van der Waals surface area contributed by atoms with Gasteiger partial charge >= 0.3 is 0 Å². The fourth-order valence-corrected chi connectivity index (χ4v) is 2.17. The van der Waals surface area contributed by atoms with E-state index >= 15 is 0 Å². The lowest BCUT2D eigenvalue weighted by atomic mass is 9.81. The van der Waals surface area contributed by atoms with Gasteiger partial charge in [-0.15, -0.1) is 0 Å². The van der Waals surface area contributed by atoms with Crippen molar-refractivity contribution in [1.82, 2.24) is 0 Å². The van der Waals surface area contributed by atoms with Crippen molar-refractivity contribution in [3.63, 3.8) is 0 Å². The average molecular weight is 228 g/mol. The van der Waals surface area contributed by atoms with Gasteiger partial charge in [0.1, 0.15) is 5.92 Å². The molecule has 1 aliphatic rings. The van der Waals surface area contributed by atoms with E-state index in [-0.39, 0.29) is 11.3 Å². The summed E-state index contributed by atoms with van der Waals surface area (Å²) in [6.07, 6.45) is 0.515. The van der Waals surface area contributed by atoms with E-state index in [0.29, 0.717) is 6.42 Å². The first-order valence-electron chi connectivity index (χ1n) is 5.76. The molecule has 1 atom stereocenters. The van der Waals surface area contributed by atoms with E-state index in [2.05, 4.69) is 26.1 Å². The normalized spacial score (nSPS) is 19.2. The van der Waals surface area contributed by atoms with Gasteiger partial charge in [0.05, 0.1) is 6.07 Å². The van der Waals surface area contributed by atoms with Crippen LogP contribution in [-0.2, 0) is 16.6 Å². The summed E-state index contributed by atoms with van der Waals surface area (Å²) in [4.78, 5) is 11.7. The largest absolute Gasteiger partial charge is 0.324 e. The first-order chi connectivity index (χ1) is 7.93. The molecule has 88 valence electrons. The van der Waals surface area contributed by atoms with Crippen LogP contribution in [-0.4, -0.2) is 5.91 Å². The van der Waals surface area contributed by atoms with E-state index in [1.807, 2.05) is 24.3 Å². The summed E-state index contributed by atoms with van der Waals surface area (Å²) < 4.78 is 0. The molecule has 1 amide bonds. The maximum absolute atomic E-state index is 11.7. The summed E-state index contributed by atoms with van der Waals surface area (Å²) in [5.41, 5.74) is 3.07. The van der Waals surface area contributed by atoms with E-state index in [1.165, 1.54) is 0 Å². The summed E-state index contributed by atoms with van der Waals surface area (Å²) >= 11 is 0. The van der Waals surface area contributed by atoms with Crippen molar-refractivity contribution < 1.29 is 4.79 Å². The minimum absolute atomic E-state index is 0.0158. The first kappa shape index (κ1) is 11.7. The van der Waals surface area contributed by atoms with Crippen LogP contribution in [0, 0.1) is 17.2 Å². The molecule has 0 aliphatic carbocycles. The van der Waals surface area contributed by atoms with Crippen molar-refractivity contribution in [2.24, 2.45) is 5.92 Å². The predicted molar refractivity (Wildman–Crippen MR) is 66.6 cm³/mol. The molecule has 3 heteroatoms. The molecule has 1 aromatic rings. The Morgan fingerprint density at radius 1 is 1.41 bits per heavy atom. The number of carbonyl (C=O) groups is 1. The number of anilines is 1. The molecule has 0 bridgehead atoms. The molecule has 1 aromatic carbocycles. The quantitative estimate of drug-likeness (QED) is 0.742. The van der Waals surface area contributed by atoms with E-state index in [9.17, 15) is 4.79 Å². The number of benzene rings is 1. The van der Waals surface area contributed by atoms with Crippen LogP contribution in [0.3, 0.4) is 0 Å². The SMILES string of the molecule is CC(C)(C)c1cccc2c1NC(=O)C(C#N)C2. The zero-order chi connectivity index (χ0) is 12.6. The third-order valence-corrected chi connectivity index (χ3v) is 3.10. The highest BCUT2D eigenvalue weighted by molar-refractivity contribution is 5.98. The molecule has 0 saturated carbocycles. The molecule has 0 saturated heterocycles. The predicted octanol–water partition coefficient (Wildman–Crippen LogP) is 2.62. The van der Waals surface area contributed by atoms with Gasteiger partial charge in [-0.25, -0.2) is 0 Å². The molecule has 1 heterocycles. The van der Waals surface area contributed by atoms with Crippen molar-refractivity contribution >= 4 is 11.6 Å². The topological polar surface area (TPSA) is 52.9 Å². The van der Waals surface area contributed by atoms with Gasteiger partial charge < -0.3 is 5.32 Å². The van der Waals surface area contributed by atoms with Crippen molar-refractivity contribution in [2.45, 2.75) is 32.6 Å². The zero-order valence-electron chi connectivity index (χ0n) is 10.4. The lowest BCUT2D eigenvalue weighted by Crippen LogP contribution is -2.31. The van der Waals surface area contributed by atoms with Crippen molar-refractivity contribution in [2.75, 3.05) is 5.32 Å². The van der Waals surface area contributed by atoms with E-state index in [4.69, 9.17) is 5.26 Å². The van der Waals surface area contributed by atoms with Crippen molar-refractivity contribution in [1.29, 1.82) is 5.26 Å². The zero-order valence-corrected chi connectivity index (χ0v) is 10.4. The molecule has 1 N–H and O–H groups in total. The molecule has 1 unspecified atom stereocenters. The lowest BCUT2D eigenvalue weighted by molar-refractivity contribution is -0.118. The highest BCUT2D eigenvalue weighted by atomic mass is 16.1. The second-order valence-electron chi connectivity index (χ2n) is 5.46. The Bertz CT molecular complexity index is 506. The second-order valence-corrected chi connectivity index (χ2v) is 5.46. The monoisotopic (exact) mass is 228 g/mol. The number of rotatable bonds is 0. The smallest absolute Gasteiger partial charge is 0.242 e. The van der Waals surface area contributed by atoms with Crippen LogP contribution in [0.25, 0.3) is 0 Å². The van der Waals surface area contributed by atoms with Crippen LogP contribution >= 0.6 is 0 Å². The summed E-state index contributed by atoms with van der Waals surface area (Å²) in [5.74, 6) is -0.741. The number of hydrogen-bond donors (Lipinski definition) is 1. The number of hydrogen-bond acceptors (Lipinski definition) is 2. The number of nitriles is 1. The molecule has 3 nitrogen and oxygen atoms in total. The van der Waals surface area contributed by atoms with Gasteiger partial charge in [0, 0.05) is 5.69 Å². The van der Waals surface area contributed by atoms with Crippen LogP contribution in [0.5, 0.6) is 0 Å². The van der Waals surface area contributed by atoms with Crippen molar-refractivity contribution in [3.8, 4) is 6.07 Å². The van der Waals surface area contributed by atoms with Gasteiger partial charge in [-0.3, -0.25) is 4.79 Å². The van der Waals surface area contributed by atoms with E-state index in [1.54, 1.807) is 0 Å². The van der Waals surface area contributed by atoms with Crippen LogP contribution < -0.4 is 5.32 Å². The van der Waals surface area contributed by atoms with Gasteiger partial charge in [-0.2, -0.15) is 5.26 Å². The van der Waals surface area contributed by atoms with Crippen LogP contribution in [0.15, 0.2) is 18.2 Å². The summed E-state index contributed by atoms with van der Waals surface area (Å²) in [6, 6.07) is 8.05. The third kappa shape index (κ3) is 2.03. The number of carbonyl (C=O) groups excluding carboxylic acids is 1. The maximum atomic E-state index is 11.7. The van der Waals surface area contributed by atoms with Crippen LogP contribution in [0.2, 0.25) is 0 Å². The summed E-state index contributed by atoms with van der Waals surface area (Å²) in [6.45, 7) is 6.35. The van der Waals surface area contributed by atoms with Gasteiger partial charge in [-0.1, -0.05) is 39.0 Å². The first-order valence-corrected chi connectivity index (χ1v) is 5.76. The molecule has 0 aromatic heterocycles. The summed E-state index contributed by atoms with van der Waals surface area (Å²) in [7, 11) is 0. The Labute approximate surface area is 101 Å². The Balaban J connectivity index is 2.52. The number of nitrogens with one attached hydrogen (secondary N) is 1. The summed E-state index contributed by atoms with van der Waals surface area (Å²) in [5, 5.41) is 11.8.